The standard InChI is InChI=1S/C23H17ClFNO5/c1-12-6-8-18(31-12)20-19(21(27)16-11-14(25)7-9-17(16)30-2)22(28)23(29)26(20)15-5-3-4-13(24)10-15/h3-11,20,27H,1-2H3/b21-19-. The molecule has 1 aliphatic heterocycles. The predicted octanol–water partition coefficient (Wildman–Crippen LogP) is 5.02. The van der Waals surface area contributed by atoms with Gasteiger partial charge in [-0.2, -0.15) is 0 Å². The number of aryl methyl sites for hydroxylation is 1. The molecule has 2 aromatic carbocycles. The average Bonchev–Trinajstić information content (AvgIpc) is 3.28. The van der Waals surface area contributed by atoms with E-state index in [0.29, 0.717) is 16.5 Å². The Kier molecular flexibility index (Phi) is 5.29. The van der Waals surface area contributed by atoms with Crippen LogP contribution in [0.25, 0.3) is 5.76 Å². The summed E-state index contributed by atoms with van der Waals surface area (Å²) in [6.45, 7) is 1.71. The minimum Gasteiger partial charge on any atom is -0.507 e. The molecule has 2 heterocycles. The van der Waals surface area contributed by atoms with Crippen molar-refractivity contribution in [2.75, 3.05) is 12.0 Å². The lowest BCUT2D eigenvalue weighted by Gasteiger charge is -2.23. The second-order valence-corrected chi connectivity index (χ2v) is 7.38. The average molecular weight is 442 g/mol. The summed E-state index contributed by atoms with van der Waals surface area (Å²) < 4.78 is 24.8. The van der Waals surface area contributed by atoms with Gasteiger partial charge in [-0.25, -0.2) is 4.39 Å². The minimum absolute atomic E-state index is 0.0557. The van der Waals surface area contributed by atoms with Crippen molar-refractivity contribution < 1.29 is 28.2 Å². The highest BCUT2D eigenvalue weighted by molar-refractivity contribution is 6.51. The number of furan rings is 1. The van der Waals surface area contributed by atoms with E-state index >= 15 is 0 Å². The first-order valence-electron chi connectivity index (χ1n) is 9.28. The van der Waals surface area contributed by atoms with Crippen LogP contribution in [0.2, 0.25) is 5.02 Å². The van der Waals surface area contributed by atoms with E-state index in [-0.39, 0.29) is 22.6 Å². The maximum Gasteiger partial charge on any atom is 0.300 e. The number of hydrogen-bond acceptors (Lipinski definition) is 5. The largest absolute Gasteiger partial charge is 0.507 e. The normalized spacial score (nSPS) is 17.9. The predicted molar refractivity (Wildman–Crippen MR) is 113 cm³/mol. The second kappa shape index (κ2) is 7.92. The highest BCUT2D eigenvalue weighted by Gasteiger charge is 2.48. The zero-order chi connectivity index (χ0) is 22.3. The molecule has 0 bridgehead atoms. The van der Waals surface area contributed by atoms with Crippen molar-refractivity contribution in [1.29, 1.82) is 0 Å². The van der Waals surface area contributed by atoms with Crippen LogP contribution in [0.15, 0.2) is 64.6 Å². The van der Waals surface area contributed by atoms with Crippen LogP contribution < -0.4 is 9.64 Å². The lowest BCUT2D eigenvalue weighted by Crippen LogP contribution is -2.29. The lowest BCUT2D eigenvalue weighted by molar-refractivity contribution is -0.132. The van der Waals surface area contributed by atoms with E-state index in [2.05, 4.69) is 0 Å². The molecule has 3 aromatic rings. The van der Waals surface area contributed by atoms with Crippen molar-refractivity contribution in [3.8, 4) is 5.75 Å². The molecule has 1 aromatic heterocycles. The van der Waals surface area contributed by atoms with Gasteiger partial charge >= 0.3 is 0 Å². The molecule has 1 unspecified atom stereocenters. The van der Waals surface area contributed by atoms with Crippen LogP contribution in [0.3, 0.4) is 0 Å². The smallest absolute Gasteiger partial charge is 0.300 e. The fraction of sp³-hybridized carbons (Fsp3) is 0.130. The fourth-order valence-electron chi connectivity index (χ4n) is 3.60. The summed E-state index contributed by atoms with van der Waals surface area (Å²) in [6.07, 6.45) is 0. The number of ether oxygens (including phenoxy) is 1. The van der Waals surface area contributed by atoms with Gasteiger partial charge in [0, 0.05) is 10.7 Å². The number of hydrogen-bond donors (Lipinski definition) is 1. The van der Waals surface area contributed by atoms with Crippen LogP contribution in [0, 0.1) is 12.7 Å². The molecular formula is C23H17ClFNO5. The van der Waals surface area contributed by atoms with E-state index in [1.807, 2.05) is 0 Å². The number of methoxy groups -OCH3 is 1. The molecule has 4 rings (SSSR count). The number of rotatable bonds is 4. The Labute approximate surface area is 182 Å². The number of amides is 1. The van der Waals surface area contributed by atoms with Crippen molar-refractivity contribution in [2.24, 2.45) is 0 Å². The fourth-order valence-corrected chi connectivity index (χ4v) is 3.79. The molecular weight excluding hydrogens is 425 g/mol. The molecule has 0 aliphatic carbocycles. The summed E-state index contributed by atoms with van der Waals surface area (Å²) in [6, 6.07) is 12.1. The van der Waals surface area contributed by atoms with Gasteiger partial charge in [0.2, 0.25) is 0 Å². The Morgan fingerprint density at radius 2 is 1.94 bits per heavy atom. The number of aliphatic hydroxyl groups excluding tert-OH is 1. The maximum absolute atomic E-state index is 13.9. The monoisotopic (exact) mass is 441 g/mol. The minimum atomic E-state index is -1.08. The third-order valence-corrected chi connectivity index (χ3v) is 5.21. The third-order valence-electron chi connectivity index (χ3n) is 4.98. The number of carbonyl (C=O) groups is 2. The maximum atomic E-state index is 13.9. The Hall–Kier alpha value is -3.58. The number of Topliss-reactive ketones (excluding diaryl/α,β-unsaturated/α-hetero) is 1. The molecule has 1 atom stereocenters. The van der Waals surface area contributed by atoms with E-state index in [1.54, 1.807) is 37.3 Å². The molecule has 0 saturated carbocycles. The Balaban J connectivity index is 1.98. The Morgan fingerprint density at radius 1 is 1.16 bits per heavy atom. The summed E-state index contributed by atoms with van der Waals surface area (Å²) in [4.78, 5) is 27.3. The number of anilines is 1. The van der Waals surface area contributed by atoms with E-state index in [9.17, 15) is 19.1 Å². The number of nitrogens with zero attached hydrogens (tertiary/aromatic N) is 1. The van der Waals surface area contributed by atoms with E-state index in [1.165, 1.54) is 24.1 Å². The molecule has 1 N–H and O–H groups in total. The molecule has 31 heavy (non-hydrogen) atoms. The lowest BCUT2D eigenvalue weighted by atomic mass is 9.98. The molecule has 0 radical (unpaired) electrons. The van der Waals surface area contributed by atoms with Crippen LogP contribution >= 0.6 is 11.6 Å². The number of carbonyl (C=O) groups excluding carboxylic acids is 2. The van der Waals surface area contributed by atoms with Gasteiger partial charge in [-0.1, -0.05) is 17.7 Å². The van der Waals surface area contributed by atoms with Crippen molar-refractivity contribution in [1.82, 2.24) is 0 Å². The first-order chi connectivity index (χ1) is 14.8. The van der Waals surface area contributed by atoms with Crippen LogP contribution in [0.1, 0.15) is 23.1 Å². The number of halogens is 2. The van der Waals surface area contributed by atoms with Crippen molar-refractivity contribution >= 4 is 34.7 Å². The molecule has 0 spiro atoms. The first-order valence-corrected chi connectivity index (χ1v) is 9.66. The van der Waals surface area contributed by atoms with Crippen LogP contribution in [-0.2, 0) is 9.59 Å². The van der Waals surface area contributed by atoms with Gasteiger partial charge in [0.25, 0.3) is 11.7 Å². The van der Waals surface area contributed by atoms with Crippen molar-refractivity contribution in [2.45, 2.75) is 13.0 Å². The SMILES string of the molecule is COc1ccc(F)cc1/C(O)=C1/C(=O)C(=O)N(c2cccc(Cl)c2)C1c1ccc(C)o1. The van der Waals surface area contributed by atoms with Gasteiger partial charge in [-0.05, 0) is 55.5 Å². The third kappa shape index (κ3) is 3.57. The van der Waals surface area contributed by atoms with Gasteiger partial charge in [0.15, 0.2) is 0 Å². The van der Waals surface area contributed by atoms with Crippen LogP contribution in [0.5, 0.6) is 5.75 Å². The summed E-state index contributed by atoms with van der Waals surface area (Å²) in [7, 11) is 1.35. The molecule has 1 fully saturated rings. The topological polar surface area (TPSA) is 80.0 Å². The molecule has 1 amide bonds. The van der Waals surface area contributed by atoms with E-state index in [0.717, 1.165) is 12.1 Å². The molecule has 1 saturated heterocycles. The second-order valence-electron chi connectivity index (χ2n) is 6.94. The summed E-state index contributed by atoms with van der Waals surface area (Å²) in [5, 5.41) is 11.4. The van der Waals surface area contributed by atoms with E-state index < -0.39 is 29.3 Å². The van der Waals surface area contributed by atoms with E-state index in [4.69, 9.17) is 20.8 Å². The summed E-state index contributed by atoms with van der Waals surface area (Å²) >= 11 is 6.09. The zero-order valence-corrected chi connectivity index (χ0v) is 17.3. The van der Waals surface area contributed by atoms with Gasteiger partial charge < -0.3 is 14.3 Å². The summed E-state index contributed by atoms with van der Waals surface area (Å²) in [5.41, 5.74) is 0.0435. The zero-order valence-electron chi connectivity index (χ0n) is 16.6. The van der Waals surface area contributed by atoms with Crippen molar-refractivity contribution in [3.63, 3.8) is 0 Å². The van der Waals surface area contributed by atoms with Gasteiger partial charge in [0.1, 0.15) is 34.9 Å². The molecule has 1 aliphatic rings. The Bertz CT molecular complexity index is 1230. The highest BCUT2D eigenvalue weighted by atomic mass is 35.5. The first kappa shape index (κ1) is 20.7. The van der Waals surface area contributed by atoms with Crippen molar-refractivity contribution in [3.05, 3.63) is 88.1 Å². The quantitative estimate of drug-likeness (QED) is 0.349. The molecule has 158 valence electrons. The van der Waals surface area contributed by atoms with Crippen LogP contribution in [-0.4, -0.2) is 23.9 Å². The molecule has 8 heteroatoms. The number of ketones is 1. The van der Waals surface area contributed by atoms with Gasteiger partial charge in [-0.3, -0.25) is 14.5 Å². The highest BCUT2D eigenvalue weighted by Crippen LogP contribution is 2.44. The molecule has 6 nitrogen and oxygen atoms in total. The number of benzene rings is 2. The van der Waals surface area contributed by atoms with Crippen LogP contribution in [0.4, 0.5) is 10.1 Å². The summed E-state index contributed by atoms with van der Waals surface area (Å²) in [5.74, 6) is -2.08. The number of aliphatic hydroxyl groups is 1. The van der Waals surface area contributed by atoms with Gasteiger partial charge in [0.05, 0.1) is 18.2 Å². The Morgan fingerprint density at radius 3 is 2.58 bits per heavy atom. The van der Waals surface area contributed by atoms with Gasteiger partial charge in [-0.15, -0.1) is 0 Å².